The van der Waals surface area contributed by atoms with Crippen LogP contribution >= 0.6 is 0 Å². The van der Waals surface area contributed by atoms with Crippen molar-refractivity contribution in [1.82, 2.24) is 4.90 Å². The van der Waals surface area contributed by atoms with Gasteiger partial charge in [-0.3, -0.25) is 10.1 Å². The summed E-state index contributed by atoms with van der Waals surface area (Å²) in [5, 5.41) is 10.9. The van der Waals surface area contributed by atoms with Crippen molar-refractivity contribution in [3.05, 3.63) is 46.0 Å². The molecule has 4 nitrogen and oxygen atoms in total. The van der Waals surface area contributed by atoms with Crippen molar-refractivity contribution >= 4 is 0 Å². The minimum absolute atomic E-state index is 0.0291. The van der Waals surface area contributed by atoms with Crippen LogP contribution in [0.5, 0.6) is 0 Å². The molecule has 1 heterocycles. The second kappa shape index (κ2) is 4.22. The fourth-order valence-corrected chi connectivity index (χ4v) is 2.16. The molecule has 0 bridgehead atoms. The molecule has 0 saturated carbocycles. The van der Waals surface area contributed by atoms with Gasteiger partial charge in [-0.2, -0.15) is 0 Å². The lowest BCUT2D eigenvalue weighted by Gasteiger charge is -2.04. The van der Waals surface area contributed by atoms with Crippen molar-refractivity contribution in [2.45, 2.75) is 26.1 Å². The zero-order valence-corrected chi connectivity index (χ0v) is 9.54. The molecule has 1 fully saturated rings. The molecular weight excluding hydrogens is 204 g/mol. The van der Waals surface area contributed by atoms with Crippen LogP contribution in [0.25, 0.3) is 0 Å². The summed E-state index contributed by atoms with van der Waals surface area (Å²) in [6, 6.07) is 9.68. The predicted molar refractivity (Wildman–Crippen MR) is 61.5 cm³/mol. The second-order valence-corrected chi connectivity index (χ2v) is 4.65. The topological polar surface area (TPSA) is 46.1 Å². The molecule has 1 unspecified atom stereocenters. The van der Waals surface area contributed by atoms with Gasteiger partial charge in [-0.05, 0) is 11.5 Å². The summed E-state index contributed by atoms with van der Waals surface area (Å²) in [4.78, 5) is 12.7. The van der Waals surface area contributed by atoms with Gasteiger partial charge < -0.3 is 0 Å². The third kappa shape index (κ3) is 2.07. The van der Waals surface area contributed by atoms with Gasteiger partial charge in [0.15, 0.2) is 0 Å². The van der Waals surface area contributed by atoms with Gasteiger partial charge in [0.25, 0.3) is 6.17 Å². The largest absolute Gasteiger partial charge is 0.289 e. The predicted octanol–water partition coefficient (Wildman–Crippen LogP) is 2.30. The third-order valence-corrected chi connectivity index (χ3v) is 2.82. The molecule has 0 N–H and O–H groups in total. The van der Waals surface area contributed by atoms with Gasteiger partial charge in [0, 0.05) is 11.5 Å². The van der Waals surface area contributed by atoms with Crippen molar-refractivity contribution in [2.24, 2.45) is 5.92 Å². The third-order valence-electron chi connectivity index (χ3n) is 2.82. The zero-order valence-electron chi connectivity index (χ0n) is 9.54. The lowest BCUT2D eigenvalue weighted by atomic mass is 10.1. The van der Waals surface area contributed by atoms with E-state index in [9.17, 15) is 10.1 Å². The number of nitro groups is 1. The molecular formula is C12H16N2O2. The van der Waals surface area contributed by atoms with Crippen molar-refractivity contribution < 1.29 is 4.92 Å². The highest BCUT2D eigenvalue weighted by Crippen LogP contribution is 2.43. The Morgan fingerprint density at radius 3 is 2.50 bits per heavy atom. The first-order valence-corrected chi connectivity index (χ1v) is 5.55. The second-order valence-electron chi connectivity index (χ2n) is 4.65. The van der Waals surface area contributed by atoms with E-state index in [1.165, 1.54) is 0 Å². The van der Waals surface area contributed by atoms with Gasteiger partial charge in [-0.25, -0.2) is 4.90 Å². The fraction of sp³-hybridized carbons (Fsp3) is 0.500. The van der Waals surface area contributed by atoms with Gasteiger partial charge in [-0.15, -0.1) is 0 Å². The number of rotatable bonds is 4. The molecule has 16 heavy (non-hydrogen) atoms. The highest BCUT2D eigenvalue weighted by Gasteiger charge is 2.58. The van der Waals surface area contributed by atoms with Crippen LogP contribution in [0.4, 0.5) is 0 Å². The van der Waals surface area contributed by atoms with E-state index in [1.54, 1.807) is 0 Å². The Bertz CT molecular complexity index is 378. The Morgan fingerprint density at radius 1 is 1.38 bits per heavy atom. The van der Waals surface area contributed by atoms with E-state index in [4.69, 9.17) is 0 Å². The van der Waals surface area contributed by atoms with Crippen molar-refractivity contribution in [2.75, 3.05) is 6.54 Å². The first-order chi connectivity index (χ1) is 7.61. The van der Waals surface area contributed by atoms with Crippen LogP contribution in [-0.4, -0.2) is 22.5 Å². The highest BCUT2D eigenvalue weighted by atomic mass is 16.6. The van der Waals surface area contributed by atoms with Crippen LogP contribution in [0.1, 0.15) is 25.5 Å². The van der Waals surface area contributed by atoms with Crippen LogP contribution in [-0.2, 0) is 0 Å². The molecule has 1 saturated heterocycles. The van der Waals surface area contributed by atoms with Gasteiger partial charge in [0.1, 0.15) is 6.04 Å². The first-order valence-electron chi connectivity index (χ1n) is 5.55. The molecule has 3 atom stereocenters. The lowest BCUT2D eigenvalue weighted by molar-refractivity contribution is -0.507. The summed E-state index contributed by atoms with van der Waals surface area (Å²) >= 11 is 0. The molecule has 0 spiro atoms. The summed E-state index contributed by atoms with van der Waals surface area (Å²) in [7, 11) is 0. The summed E-state index contributed by atoms with van der Waals surface area (Å²) in [6.07, 6.45) is -0.523. The van der Waals surface area contributed by atoms with E-state index in [2.05, 4.69) is 13.8 Å². The van der Waals surface area contributed by atoms with Crippen LogP contribution in [0.2, 0.25) is 0 Å². The summed E-state index contributed by atoms with van der Waals surface area (Å²) < 4.78 is 0. The van der Waals surface area contributed by atoms with Gasteiger partial charge in [-0.1, -0.05) is 44.2 Å². The van der Waals surface area contributed by atoms with Crippen molar-refractivity contribution in [1.29, 1.82) is 0 Å². The van der Waals surface area contributed by atoms with E-state index < -0.39 is 6.17 Å². The molecule has 0 radical (unpaired) electrons. The van der Waals surface area contributed by atoms with E-state index >= 15 is 0 Å². The van der Waals surface area contributed by atoms with Crippen molar-refractivity contribution in [3.63, 3.8) is 0 Å². The Hall–Kier alpha value is -1.42. The molecule has 1 aromatic carbocycles. The molecule has 86 valence electrons. The minimum atomic E-state index is -0.523. The summed E-state index contributed by atoms with van der Waals surface area (Å²) in [6.45, 7) is 4.94. The number of hydrogen-bond donors (Lipinski definition) is 0. The van der Waals surface area contributed by atoms with Crippen LogP contribution in [0.15, 0.2) is 30.3 Å². The Kier molecular flexibility index (Phi) is 2.92. The molecule has 4 heteroatoms. The maximum atomic E-state index is 10.9. The number of hydrogen-bond acceptors (Lipinski definition) is 3. The molecule has 1 aliphatic rings. The van der Waals surface area contributed by atoms with Crippen LogP contribution in [0.3, 0.4) is 0 Å². The van der Waals surface area contributed by atoms with Crippen LogP contribution < -0.4 is 0 Å². The van der Waals surface area contributed by atoms with Crippen molar-refractivity contribution in [3.8, 4) is 0 Å². The Labute approximate surface area is 95.0 Å². The SMILES string of the molecule is CC(C)CN1[C@H](c2ccccc2)[C@H]1[N+](=O)[O-]. The average Bonchev–Trinajstić information content (AvgIpc) is 2.92. The molecule has 0 aliphatic carbocycles. The maximum absolute atomic E-state index is 10.9. The first kappa shape index (κ1) is 11.1. The number of benzene rings is 1. The van der Waals surface area contributed by atoms with Gasteiger partial charge in [0.05, 0.1) is 0 Å². The summed E-state index contributed by atoms with van der Waals surface area (Å²) in [5.41, 5.74) is 1.05. The average molecular weight is 220 g/mol. The van der Waals surface area contributed by atoms with E-state index in [1.807, 2.05) is 35.2 Å². The van der Waals surface area contributed by atoms with E-state index in [0.717, 1.165) is 12.1 Å². The molecule has 0 amide bonds. The lowest BCUT2D eigenvalue weighted by Crippen LogP contribution is -2.14. The molecule has 1 aliphatic heterocycles. The molecule has 2 rings (SSSR count). The Balaban J connectivity index is 2.13. The zero-order chi connectivity index (χ0) is 11.7. The minimum Gasteiger partial charge on any atom is -0.263 e. The van der Waals surface area contributed by atoms with E-state index in [-0.39, 0.29) is 11.0 Å². The standard InChI is InChI=1S/C12H16N2O2/c1-9(2)8-13-11(12(13)14(15)16)10-6-4-3-5-7-10/h3-7,9,11-12H,8H2,1-2H3/t11-,12-,13?/m1/s1. The fourth-order valence-electron chi connectivity index (χ4n) is 2.16. The van der Waals surface area contributed by atoms with Gasteiger partial charge in [0.2, 0.25) is 0 Å². The van der Waals surface area contributed by atoms with Gasteiger partial charge >= 0.3 is 0 Å². The normalized spacial score (nSPS) is 28.1. The van der Waals surface area contributed by atoms with E-state index in [0.29, 0.717) is 5.92 Å². The summed E-state index contributed by atoms with van der Waals surface area (Å²) in [5.74, 6) is 0.455. The molecule has 1 aromatic rings. The molecule has 0 aromatic heterocycles. The monoisotopic (exact) mass is 220 g/mol. The maximum Gasteiger partial charge on any atom is 0.289 e. The van der Waals surface area contributed by atoms with Crippen LogP contribution in [0, 0.1) is 16.0 Å². The quantitative estimate of drug-likeness (QED) is 0.444. The highest BCUT2D eigenvalue weighted by molar-refractivity contribution is 5.25. The smallest absolute Gasteiger partial charge is 0.263 e. The number of nitrogens with zero attached hydrogens (tertiary/aromatic N) is 2. The Morgan fingerprint density at radius 2 is 2.00 bits per heavy atom.